The predicted molar refractivity (Wildman–Crippen MR) is 100 cm³/mol. The van der Waals surface area contributed by atoms with Gasteiger partial charge in [0.1, 0.15) is 6.10 Å². The van der Waals surface area contributed by atoms with E-state index in [1.807, 2.05) is 18.2 Å². The Morgan fingerprint density at radius 2 is 1.76 bits per heavy atom. The Labute approximate surface area is 152 Å². The third-order valence-electron chi connectivity index (χ3n) is 5.86. The zero-order valence-electron chi connectivity index (χ0n) is 15.8. The van der Waals surface area contributed by atoms with Gasteiger partial charge in [0.15, 0.2) is 0 Å². The number of hydrogen-bond donors (Lipinski definition) is 0. The monoisotopic (exact) mass is 345 g/mol. The number of benzene rings is 1. The van der Waals surface area contributed by atoms with Crippen LogP contribution in [-0.2, 0) is 9.53 Å². The van der Waals surface area contributed by atoms with E-state index in [2.05, 4.69) is 31.1 Å². The number of ether oxygens (including phenoxy) is 1. The first-order valence-electron chi connectivity index (χ1n) is 9.82. The minimum atomic E-state index is -0.0778. The van der Waals surface area contributed by atoms with E-state index in [4.69, 9.17) is 4.74 Å². The molecule has 1 aromatic carbocycles. The minimum absolute atomic E-state index is 0.0633. The number of quaternary nitrogens is 1. The normalized spacial score (nSPS) is 23.1. The number of nitrogens with zero attached hydrogens (tertiary/aromatic N) is 2. The molecule has 0 bridgehead atoms. The van der Waals surface area contributed by atoms with Gasteiger partial charge in [-0.15, -0.1) is 0 Å². The lowest BCUT2D eigenvalue weighted by molar-refractivity contribution is -0.894. The predicted octanol–water partition coefficient (Wildman–Crippen LogP) is 3.24. The van der Waals surface area contributed by atoms with Crippen molar-refractivity contribution in [3.05, 3.63) is 35.9 Å². The van der Waals surface area contributed by atoms with Crippen LogP contribution < -0.4 is 0 Å². The van der Waals surface area contributed by atoms with Crippen LogP contribution in [0.4, 0.5) is 0 Å². The Bertz CT molecular complexity index is 542. The number of likely N-dealkylation sites (N-methyl/N-ethyl adjacent to an activating group) is 1. The Morgan fingerprint density at radius 1 is 1.12 bits per heavy atom. The van der Waals surface area contributed by atoms with Crippen molar-refractivity contribution in [2.75, 3.05) is 46.8 Å². The Morgan fingerprint density at radius 3 is 2.40 bits per heavy atom. The first-order valence-corrected chi connectivity index (χ1v) is 9.82. The first kappa shape index (κ1) is 18.4. The molecule has 1 saturated heterocycles. The maximum atomic E-state index is 12.6. The summed E-state index contributed by atoms with van der Waals surface area (Å²) >= 11 is 0. The molecule has 2 fully saturated rings. The van der Waals surface area contributed by atoms with Crippen molar-refractivity contribution < 1.29 is 14.0 Å². The van der Waals surface area contributed by atoms with Gasteiger partial charge in [-0.3, -0.25) is 9.69 Å². The van der Waals surface area contributed by atoms with Gasteiger partial charge in [-0.1, -0.05) is 49.6 Å². The number of rotatable bonds is 5. The third kappa shape index (κ3) is 5.29. The molecule has 25 heavy (non-hydrogen) atoms. The summed E-state index contributed by atoms with van der Waals surface area (Å²) in [6.45, 7) is 4.56. The molecule has 1 heterocycles. The van der Waals surface area contributed by atoms with Gasteiger partial charge in [-0.05, 0) is 18.4 Å². The highest BCUT2D eigenvalue weighted by molar-refractivity contribution is 5.72. The highest BCUT2D eigenvalue weighted by Crippen LogP contribution is 2.37. The van der Waals surface area contributed by atoms with E-state index in [1.165, 1.54) is 32.1 Å². The van der Waals surface area contributed by atoms with E-state index in [0.717, 1.165) is 36.2 Å². The molecular formula is C21H33N2O2+. The van der Waals surface area contributed by atoms with Crippen molar-refractivity contribution >= 4 is 5.97 Å². The SMILES string of the molecule is C[N+]1(C)CCN(CC(=O)OC(c2ccccc2)C2CCCCC2)CC1. The van der Waals surface area contributed by atoms with Gasteiger partial charge in [0, 0.05) is 19.0 Å². The van der Waals surface area contributed by atoms with Gasteiger partial charge in [0.05, 0.1) is 33.7 Å². The Hall–Kier alpha value is -1.39. The maximum absolute atomic E-state index is 12.6. The summed E-state index contributed by atoms with van der Waals surface area (Å²) in [5, 5.41) is 0. The van der Waals surface area contributed by atoms with Crippen molar-refractivity contribution in [1.29, 1.82) is 0 Å². The summed E-state index contributed by atoms with van der Waals surface area (Å²) in [6, 6.07) is 10.3. The Balaban J connectivity index is 1.60. The van der Waals surface area contributed by atoms with Gasteiger partial charge in [0.2, 0.25) is 0 Å². The van der Waals surface area contributed by atoms with Crippen molar-refractivity contribution in [2.24, 2.45) is 5.92 Å². The van der Waals surface area contributed by atoms with Crippen LogP contribution in [0, 0.1) is 5.92 Å². The van der Waals surface area contributed by atoms with Crippen LogP contribution in [0.15, 0.2) is 30.3 Å². The number of esters is 1. The number of piperazine rings is 1. The van der Waals surface area contributed by atoms with E-state index in [9.17, 15) is 4.79 Å². The molecule has 1 aliphatic carbocycles. The van der Waals surface area contributed by atoms with Crippen LogP contribution in [0.5, 0.6) is 0 Å². The zero-order chi connectivity index (χ0) is 17.7. The summed E-state index contributed by atoms with van der Waals surface area (Å²) in [6.07, 6.45) is 6.08. The molecule has 0 spiro atoms. The highest BCUT2D eigenvalue weighted by atomic mass is 16.5. The van der Waals surface area contributed by atoms with Crippen LogP contribution in [-0.4, -0.2) is 62.2 Å². The van der Waals surface area contributed by atoms with Crippen LogP contribution in [0.25, 0.3) is 0 Å². The molecule has 0 aromatic heterocycles. The fourth-order valence-electron chi connectivity index (χ4n) is 4.08. The van der Waals surface area contributed by atoms with Gasteiger partial charge >= 0.3 is 5.97 Å². The Kier molecular flexibility index (Phi) is 6.13. The second-order valence-electron chi connectivity index (χ2n) is 8.38. The average molecular weight is 346 g/mol. The summed E-state index contributed by atoms with van der Waals surface area (Å²) in [5.74, 6) is 0.406. The number of carbonyl (C=O) groups excluding carboxylic acids is 1. The quantitative estimate of drug-likeness (QED) is 0.606. The fourth-order valence-corrected chi connectivity index (χ4v) is 4.08. The minimum Gasteiger partial charge on any atom is -0.456 e. The molecule has 0 amide bonds. The molecular weight excluding hydrogens is 312 g/mol. The maximum Gasteiger partial charge on any atom is 0.320 e. The molecule has 1 atom stereocenters. The molecule has 0 N–H and O–H groups in total. The largest absolute Gasteiger partial charge is 0.456 e. The summed E-state index contributed by atoms with van der Waals surface area (Å²) in [4.78, 5) is 14.9. The highest BCUT2D eigenvalue weighted by Gasteiger charge is 2.30. The van der Waals surface area contributed by atoms with Crippen LogP contribution in [0.2, 0.25) is 0 Å². The lowest BCUT2D eigenvalue weighted by atomic mass is 9.82. The average Bonchev–Trinajstić information content (AvgIpc) is 2.63. The summed E-state index contributed by atoms with van der Waals surface area (Å²) in [7, 11) is 4.51. The van der Waals surface area contributed by atoms with E-state index >= 15 is 0 Å². The second kappa shape index (κ2) is 8.33. The van der Waals surface area contributed by atoms with Crippen molar-refractivity contribution in [3.63, 3.8) is 0 Å². The molecule has 0 radical (unpaired) electrons. The molecule has 2 aliphatic rings. The summed E-state index contributed by atoms with van der Waals surface area (Å²) < 4.78 is 7.09. The van der Waals surface area contributed by atoms with Gasteiger partial charge in [0.25, 0.3) is 0 Å². The van der Waals surface area contributed by atoms with Gasteiger partial charge in [-0.25, -0.2) is 0 Å². The first-order chi connectivity index (χ1) is 12.0. The van der Waals surface area contributed by atoms with Crippen molar-refractivity contribution in [1.82, 2.24) is 4.90 Å². The van der Waals surface area contributed by atoms with Crippen LogP contribution >= 0.6 is 0 Å². The molecule has 138 valence electrons. The molecule has 4 nitrogen and oxygen atoms in total. The third-order valence-corrected chi connectivity index (χ3v) is 5.86. The molecule has 4 heteroatoms. The van der Waals surface area contributed by atoms with Gasteiger partial charge < -0.3 is 9.22 Å². The van der Waals surface area contributed by atoms with Gasteiger partial charge in [-0.2, -0.15) is 0 Å². The number of carbonyl (C=O) groups is 1. The van der Waals surface area contributed by atoms with Crippen molar-refractivity contribution in [3.8, 4) is 0 Å². The topological polar surface area (TPSA) is 29.5 Å². The summed E-state index contributed by atoms with van der Waals surface area (Å²) in [5.41, 5.74) is 1.15. The molecule has 1 aromatic rings. The lowest BCUT2D eigenvalue weighted by Crippen LogP contribution is -2.55. The smallest absolute Gasteiger partial charge is 0.320 e. The fraction of sp³-hybridized carbons (Fsp3) is 0.667. The van der Waals surface area contributed by atoms with E-state index in [1.54, 1.807) is 0 Å². The van der Waals surface area contributed by atoms with E-state index < -0.39 is 0 Å². The molecule has 1 saturated carbocycles. The lowest BCUT2D eigenvalue weighted by Gasteiger charge is -2.39. The standard InChI is InChI=1S/C21H33N2O2/c1-23(2)15-13-22(14-16-23)17-20(24)25-21(18-9-5-3-6-10-18)19-11-7-4-8-12-19/h3,5-6,9-10,19,21H,4,7-8,11-17H2,1-2H3/q+1. The van der Waals surface area contributed by atoms with Crippen LogP contribution in [0.3, 0.4) is 0 Å². The second-order valence-corrected chi connectivity index (χ2v) is 8.38. The van der Waals surface area contributed by atoms with E-state index in [0.29, 0.717) is 12.5 Å². The van der Waals surface area contributed by atoms with Crippen LogP contribution in [0.1, 0.15) is 43.8 Å². The number of hydrogen-bond acceptors (Lipinski definition) is 3. The molecule has 1 unspecified atom stereocenters. The molecule has 3 rings (SSSR count). The molecule has 1 aliphatic heterocycles. The zero-order valence-corrected chi connectivity index (χ0v) is 15.8. The van der Waals surface area contributed by atoms with Crippen molar-refractivity contribution in [2.45, 2.75) is 38.2 Å². The van der Waals surface area contributed by atoms with E-state index in [-0.39, 0.29) is 12.1 Å².